The molecule has 0 spiro atoms. The molecule has 0 aliphatic heterocycles. The molecule has 1 fully saturated rings. The number of ether oxygens (including phenoxy) is 1. The molecule has 1 amide bonds. The highest BCUT2D eigenvalue weighted by molar-refractivity contribution is 5.67. The fourth-order valence-electron chi connectivity index (χ4n) is 2.62. The molecule has 0 aromatic carbocycles. The van der Waals surface area contributed by atoms with Crippen LogP contribution in [0.25, 0.3) is 0 Å². The van der Waals surface area contributed by atoms with Gasteiger partial charge in [0.2, 0.25) is 0 Å². The number of amides is 1. The second-order valence-electron chi connectivity index (χ2n) is 7.26. The van der Waals surface area contributed by atoms with Crippen molar-refractivity contribution in [2.24, 2.45) is 11.3 Å². The number of nitrogens with one attached hydrogen (secondary N) is 2. The van der Waals surface area contributed by atoms with Crippen molar-refractivity contribution in [1.29, 1.82) is 0 Å². The molecule has 0 saturated heterocycles. The van der Waals surface area contributed by atoms with E-state index in [1.807, 2.05) is 20.8 Å². The van der Waals surface area contributed by atoms with Crippen LogP contribution >= 0.6 is 0 Å². The maximum absolute atomic E-state index is 11.5. The Balaban J connectivity index is 2.34. The molecule has 4 nitrogen and oxygen atoms in total. The summed E-state index contributed by atoms with van der Waals surface area (Å²) in [7, 11) is 0. The zero-order valence-corrected chi connectivity index (χ0v) is 12.6. The van der Waals surface area contributed by atoms with Gasteiger partial charge in [0.05, 0.1) is 0 Å². The summed E-state index contributed by atoms with van der Waals surface area (Å²) >= 11 is 0. The number of hydrazine groups is 1. The van der Waals surface area contributed by atoms with Crippen LogP contribution in [0.15, 0.2) is 0 Å². The molecule has 1 aliphatic carbocycles. The molecule has 0 radical (unpaired) electrons. The summed E-state index contributed by atoms with van der Waals surface area (Å²) < 4.78 is 5.19. The molecule has 1 saturated carbocycles. The minimum Gasteiger partial charge on any atom is -0.443 e. The summed E-state index contributed by atoms with van der Waals surface area (Å²) in [6.07, 6.45) is 3.05. The molecule has 1 aliphatic rings. The van der Waals surface area contributed by atoms with E-state index in [0.29, 0.717) is 17.4 Å². The van der Waals surface area contributed by atoms with Gasteiger partial charge >= 0.3 is 6.09 Å². The van der Waals surface area contributed by atoms with Crippen LogP contribution < -0.4 is 10.9 Å². The number of hydrogen-bond donors (Lipinski definition) is 2. The largest absolute Gasteiger partial charge is 0.443 e. The van der Waals surface area contributed by atoms with Gasteiger partial charge in [0.25, 0.3) is 0 Å². The van der Waals surface area contributed by atoms with Gasteiger partial charge in [0.15, 0.2) is 0 Å². The van der Waals surface area contributed by atoms with E-state index in [0.717, 1.165) is 6.42 Å². The molecule has 2 atom stereocenters. The molecule has 2 unspecified atom stereocenters. The van der Waals surface area contributed by atoms with E-state index in [9.17, 15) is 4.79 Å². The Morgan fingerprint density at radius 1 is 1.33 bits per heavy atom. The fraction of sp³-hybridized carbons (Fsp3) is 0.929. The molecular weight excluding hydrogens is 228 g/mol. The average Bonchev–Trinajstić information content (AvgIpc) is 2.12. The molecular formula is C14H28N2O2. The van der Waals surface area contributed by atoms with E-state index in [1.54, 1.807) is 0 Å². The van der Waals surface area contributed by atoms with Crippen LogP contribution in [0, 0.1) is 11.3 Å². The zero-order chi connectivity index (χ0) is 14.0. The first-order valence-electron chi connectivity index (χ1n) is 6.84. The van der Waals surface area contributed by atoms with Crippen molar-refractivity contribution in [2.75, 3.05) is 0 Å². The normalized spacial score (nSPS) is 27.7. The first kappa shape index (κ1) is 15.3. The van der Waals surface area contributed by atoms with Crippen LogP contribution in [0.1, 0.15) is 60.8 Å². The third-order valence-corrected chi connectivity index (χ3v) is 3.45. The average molecular weight is 256 g/mol. The van der Waals surface area contributed by atoms with Gasteiger partial charge in [-0.2, -0.15) is 0 Å². The molecule has 0 aromatic heterocycles. The lowest BCUT2D eigenvalue weighted by molar-refractivity contribution is 0.0456. The lowest BCUT2D eigenvalue weighted by Gasteiger charge is -2.39. The van der Waals surface area contributed by atoms with Gasteiger partial charge in [-0.15, -0.1) is 0 Å². The summed E-state index contributed by atoms with van der Waals surface area (Å²) in [5, 5.41) is 0. The SMILES string of the molecule is CC1CC(C)(C)CCC1NNC(=O)OC(C)(C)C. The first-order chi connectivity index (χ1) is 8.09. The van der Waals surface area contributed by atoms with Gasteiger partial charge in [0, 0.05) is 6.04 Å². The van der Waals surface area contributed by atoms with Gasteiger partial charge in [-0.1, -0.05) is 20.8 Å². The molecule has 106 valence electrons. The smallest absolute Gasteiger partial charge is 0.422 e. The Morgan fingerprint density at radius 2 is 1.94 bits per heavy atom. The van der Waals surface area contributed by atoms with Crippen LogP contribution in [0.3, 0.4) is 0 Å². The number of carbonyl (C=O) groups is 1. The minimum atomic E-state index is -0.452. The number of rotatable bonds is 2. The maximum atomic E-state index is 11.5. The van der Waals surface area contributed by atoms with Gasteiger partial charge < -0.3 is 4.74 Å². The Labute approximate surface area is 111 Å². The van der Waals surface area contributed by atoms with Gasteiger partial charge in [-0.05, 0) is 51.4 Å². The van der Waals surface area contributed by atoms with Crippen molar-refractivity contribution >= 4 is 6.09 Å². The molecule has 4 heteroatoms. The zero-order valence-electron chi connectivity index (χ0n) is 12.6. The van der Waals surface area contributed by atoms with E-state index in [4.69, 9.17) is 4.74 Å². The summed E-state index contributed by atoms with van der Waals surface area (Å²) in [5.41, 5.74) is 5.73. The predicted molar refractivity (Wildman–Crippen MR) is 73.1 cm³/mol. The van der Waals surface area contributed by atoms with E-state index in [2.05, 4.69) is 31.6 Å². The topological polar surface area (TPSA) is 50.4 Å². The quantitative estimate of drug-likeness (QED) is 0.746. The van der Waals surface area contributed by atoms with Crippen molar-refractivity contribution in [1.82, 2.24) is 10.9 Å². The Kier molecular flexibility index (Phi) is 4.65. The second-order valence-corrected chi connectivity index (χ2v) is 7.26. The highest BCUT2D eigenvalue weighted by atomic mass is 16.6. The molecule has 18 heavy (non-hydrogen) atoms. The van der Waals surface area contributed by atoms with E-state index < -0.39 is 11.7 Å². The Bertz CT molecular complexity index is 295. The third-order valence-electron chi connectivity index (χ3n) is 3.45. The van der Waals surface area contributed by atoms with Crippen LogP contribution in [0.2, 0.25) is 0 Å². The van der Waals surface area contributed by atoms with Gasteiger partial charge in [-0.25, -0.2) is 10.2 Å². The van der Waals surface area contributed by atoms with Crippen LogP contribution in [-0.2, 0) is 4.74 Å². The third kappa shape index (κ3) is 5.25. The van der Waals surface area contributed by atoms with Crippen LogP contribution in [0.4, 0.5) is 4.79 Å². The van der Waals surface area contributed by atoms with E-state index >= 15 is 0 Å². The van der Waals surface area contributed by atoms with Crippen LogP contribution in [-0.4, -0.2) is 17.7 Å². The van der Waals surface area contributed by atoms with E-state index in [1.165, 1.54) is 12.8 Å². The highest BCUT2D eigenvalue weighted by Crippen LogP contribution is 2.38. The first-order valence-corrected chi connectivity index (χ1v) is 6.84. The summed E-state index contributed by atoms with van der Waals surface area (Å²) in [6.45, 7) is 12.4. The fourth-order valence-corrected chi connectivity index (χ4v) is 2.62. The van der Waals surface area contributed by atoms with Crippen molar-refractivity contribution in [3.63, 3.8) is 0 Å². The van der Waals surface area contributed by atoms with Crippen LogP contribution in [0.5, 0.6) is 0 Å². The lowest BCUT2D eigenvalue weighted by atomic mass is 9.71. The molecule has 0 bridgehead atoms. The highest BCUT2D eigenvalue weighted by Gasteiger charge is 2.32. The van der Waals surface area contributed by atoms with Crippen molar-refractivity contribution in [2.45, 2.75) is 72.4 Å². The predicted octanol–water partition coefficient (Wildman–Crippen LogP) is 3.23. The standard InChI is InChI=1S/C14H28N2O2/c1-10-9-14(5,6)8-7-11(10)15-16-12(17)18-13(2,3)4/h10-11,15H,7-9H2,1-6H3,(H,16,17). The minimum absolute atomic E-state index is 0.338. The van der Waals surface area contributed by atoms with Gasteiger partial charge in [0.1, 0.15) is 5.60 Å². The summed E-state index contributed by atoms with van der Waals surface area (Å²) in [5.74, 6) is 0.559. The Hall–Kier alpha value is -0.770. The molecule has 2 N–H and O–H groups in total. The van der Waals surface area contributed by atoms with Crippen molar-refractivity contribution in [3.8, 4) is 0 Å². The molecule has 0 heterocycles. The molecule has 0 aromatic rings. The number of carbonyl (C=O) groups excluding carboxylic acids is 1. The summed E-state index contributed by atoms with van der Waals surface area (Å²) in [6, 6.07) is 0.338. The van der Waals surface area contributed by atoms with Crippen molar-refractivity contribution in [3.05, 3.63) is 0 Å². The maximum Gasteiger partial charge on any atom is 0.422 e. The van der Waals surface area contributed by atoms with Crippen molar-refractivity contribution < 1.29 is 9.53 Å². The second kappa shape index (κ2) is 5.47. The summed E-state index contributed by atoms with van der Waals surface area (Å²) in [4.78, 5) is 11.5. The van der Waals surface area contributed by atoms with E-state index in [-0.39, 0.29) is 0 Å². The Morgan fingerprint density at radius 3 is 2.44 bits per heavy atom. The molecule has 1 rings (SSSR count). The lowest BCUT2D eigenvalue weighted by Crippen LogP contribution is -2.51. The monoisotopic (exact) mass is 256 g/mol. The number of hydrogen-bond acceptors (Lipinski definition) is 3. The van der Waals surface area contributed by atoms with Gasteiger partial charge in [-0.3, -0.25) is 5.43 Å².